The molecular formula is C20H22N2O2S. The van der Waals surface area contributed by atoms with Gasteiger partial charge in [0.1, 0.15) is 0 Å². The number of nitriles is 1. The molecule has 0 saturated heterocycles. The highest BCUT2D eigenvalue weighted by atomic mass is 32.1. The summed E-state index contributed by atoms with van der Waals surface area (Å²) in [5.74, 6) is 0.0223. The van der Waals surface area contributed by atoms with Crippen LogP contribution in [0.1, 0.15) is 51.9 Å². The standard InChI is InChI=1S/C20H22N2O2S/c1-3-12-22(14-17-7-5-16(13-21)6-8-17)20(24)11-9-18(23)19-10-4-15(2)25-19/h4-8,10H,3,9,11-12,14H2,1-2H3. The molecule has 2 rings (SSSR count). The quantitative estimate of drug-likeness (QED) is 0.663. The third-order valence-corrected chi connectivity index (χ3v) is 4.93. The van der Waals surface area contributed by atoms with Crippen molar-refractivity contribution in [3.05, 3.63) is 57.3 Å². The Morgan fingerprint density at radius 1 is 1.12 bits per heavy atom. The number of Topliss-reactive ketones (excluding diaryl/α,β-unsaturated/α-hetero) is 1. The van der Waals surface area contributed by atoms with Gasteiger partial charge in [-0.2, -0.15) is 5.26 Å². The average Bonchev–Trinajstić information content (AvgIpc) is 3.06. The van der Waals surface area contributed by atoms with E-state index in [1.54, 1.807) is 17.0 Å². The SMILES string of the molecule is CCCN(Cc1ccc(C#N)cc1)C(=O)CCC(=O)c1ccc(C)s1. The summed E-state index contributed by atoms with van der Waals surface area (Å²) >= 11 is 1.47. The number of amides is 1. The minimum atomic E-state index is -0.00663. The van der Waals surface area contributed by atoms with Gasteiger partial charge in [0.25, 0.3) is 0 Å². The molecule has 0 aliphatic carbocycles. The minimum absolute atomic E-state index is 0.00663. The van der Waals surface area contributed by atoms with Crippen molar-refractivity contribution in [1.29, 1.82) is 5.26 Å². The number of benzene rings is 1. The number of ketones is 1. The second-order valence-electron chi connectivity index (χ2n) is 5.96. The van der Waals surface area contributed by atoms with Crippen LogP contribution in [-0.4, -0.2) is 23.1 Å². The van der Waals surface area contributed by atoms with Crippen LogP contribution < -0.4 is 0 Å². The molecule has 2 aromatic rings. The highest BCUT2D eigenvalue weighted by Crippen LogP contribution is 2.18. The van der Waals surface area contributed by atoms with E-state index in [4.69, 9.17) is 5.26 Å². The Morgan fingerprint density at radius 2 is 1.84 bits per heavy atom. The fourth-order valence-corrected chi connectivity index (χ4v) is 3.39. The van der Waals surface area contributed by atoms with Gasteiger partial charge in [-0.05, 0) is 43.2 Å². The maximum absolute atomic E-state index is 12.5. The predicted octanol–water partition coefficient (Wildman–Crippen LogP) is 4.33. The molecule has 5 heteroatoms. The molecule has 0 fully saturated rings. The number of aryl methyl sites for hydroxylation is 1. The van der Waals surface area contributed by atoms with Crippen LogP contribution in [0.4, 0.5) is 0 Å². The Kier molecular flexibility index (Phi) is 6.91. The van der Waals surface area contributed by atoms with E-state index < -0.39 is 0 Å². The van der Waals surface area contributed by atoms with E-state index >= 15 is 0 Å². The maximum Gasteiger partial charge on any atom is 0.223 e. The molecule has 1 amide bonds. The summed E-state index contributed by atoms with van der Waals surface area (Å²) < 4.78 is 0. The third-order valence-electron chi connectivity index (χ3n) is 3.88. The first-order valence-electron chi connectivity index (χ1n) is 8.40. The number of hydrogen-bond donors (Lipinski definition) is 0. The van der Waals surface area contributed by atoms with Crippen molar-refractivity contribution < 1.29 is 9.59 Å². The first-order valence-corrected chi connectivity index (χ1v) is 9.21. The highest BCUT2D eigenvalue weighted by molar-refractivity contribution is 7.14. The number of carbonyl (C=O) groups excluding carboxylic acids is 2. The molecule has 0 N–H and O–H groups in total. The van der Waals surface area contributed by atoms with Crippen molar-refractivity contribution in [3.63, 3.8) is 0 Å². The predicted molar refractivity (Wildman–Crippen MR) is 99.5 cm³/mol. The van der Waals surface area contributed by atoms with Crippen LogP contribution in [0, 0.1) is 18.3 Å². The van der Waals surface area contributed by atoms with Crippen molar-refractivity contribution in [2.24, 2.45) is 0 Å². The highest BCUT2D eigenvalue weighted by Gasteiger charge is 2.16. The lowest BCUT2D eigenvalue weighted by molar-refractivity contribution is -0.131. The maximum atomic E-state index is 12.5. The van der Waals surface area contributed by atoms with Gasteiger partial charge in [-0.3, -0.25) is 9.59 Å². The van der Waals surface area contributed by atoms with Crippen molar-refractivity contribution in [1.82, 2.24) is 4.90 Å². The summed E-state index contributed by atoms with van der Waals surface area (Å²) in [4.78, 5) is 28.3. The van der Waals surface area contributed by atoms with Crippen LogP contribution >= 0.6 is 11.3 Å². The molecule has 1 aromatic heterocycles. The lowest BCUT2D eigenvalue weighted by atomic mass is 10.1. The Hall–Kier alpha value is -2.45. The molecule has 0 bridgehead atoms. The molecule has 0 radical (unpaired) electrons. The number of carbonyl (C=O) groups is 2. The molecule has 130 valence electrons. The molecule has 0 atom stereocenters. The molecule has 0 aliphatic rings. The summed E-state index contributed by atoms with van der Waals surface area (Å²) in [5.41, 5.74) is 1.59. The van der Waals surface area contributed by atoms with E-state index in [-0.39, 0.29) is 24.5 Å². The number of nitrogens with zero attached hydrogens (tertiary/aromatic N) is 2. The normalized spacial score (nSPS) is 10.3. The second kappa shape index (κ2) is 9.14. The molecule has 0 aliphatic heterocycles. The van der Waals surface area contributed by atoms with Crippen molar-refractivity contribution >= 4 is 23.0 Å². The van der Waals surface area contributed by atoms with E-state index in [2.05, 4.69) is 6.07 Å². The molecule has 4 nitrogen and oxygen atoms in total. The van der Waals surface area contributed by atoms with Gasteiger partial charge in [-0.25, -0.2) is 0 Å². The zero-order valence-corrected chi connectivity index (χ0v) is 15.4. The summed E-state index contributed by atoms with van der Waals surface area (Å²) in [6.07, 6.45) is 1.33. The van der Waals surface area contributed by atoms with Crippen molar-refractivity contribution in [2.75, 3.05) is 6.54 Å². The van der Waals surface area contributed by atoms with E-state index in [1.807, 2.05) is 38.1 Å². The smallest absolute Gasteiger partial charge is 0.223 e. The summed E-state index contributed by atoms with van der Waals surface area (Å²) in [5, 5.41) is 8.85. The molecular weight excluding hydrogens is 332 g/mol. The van der Waals surface area contributed by atoms with Gasteiger partial charge in [-0.1, -0.05) is 19.1 Å². The van der Waals surface area contributed by atoms with Crippen LogP contribution in [-0.2, 0) is 11.3 Å². The van der Waals surface area contributed by atoms with Gasteiger partial charge in [0.15, 0.2) is 5.78 Å². The first-order chi connectivity index (χ1) is 12.0. The van der Waals surface area contributed by atoms with E-state index in [1.165, 1.54) is 11.3 Å². The zero-order valence-electron chi connectivity index (χ0n) is 14.6. The second-order valence-corrected chi connectivity index (χ2v) is 7.25. The van der Waals surface area contributed by atoms with Crippen LogP contribution in [0.5, 0.6) is 0 Å². The molecule has 1 heterocycles. The summed E-state index contributed by atoms with van der Waals surface area (Å²) in [6.45, 7) is 5.15. The third kappa shape index (κ3) is 5.54. The van der Waals surface area contributed by atoms with Crippen LogP contribution in [0.3, 0.4) is 0 Å². The number of thiophene rings is 1. The van der Waals surface area contributed by atoms with Crippen LogP contribution in [0.2, 0.25) is 0 Å². The Balaban J connectivity index is 1.94. The van der Waals surface area contributed by atoms with Gasteiger partial charge in [0, 0.05) is 30.8 Å². The lowest BCUT2D eigenvalue weighted by Crippen LogP contribution is -2.31. The van der Waals surface area contributed by atoms with Crippen molar-refractivity contribution in [2.45, 2.75) is 39.7 Å². The average molecular weight is 354 g/mol. The summed E-state index contributed by atoms with van der Waals surface area (Å²) in [6, 6.07) is 13.1. The molecule has 25 heavy (non-hydrogen) atoms. The first kappa shape index (κ1) is 18.9. The lowest BCUT2D eigenvalue weighted by Gasteiger charge is -2.22. The molecule has 0 saturated carbocycles. The van der Waals surface area contributed by atoms with Crippen molar-refractivity contribution in [3.8, 4) is 6.07 Å². The molecule has 0 spiro atoms. The van der Waals surface area contributed by atoms with E-state index in [9.17, 15) is 9.59 Å². The Labute approximate surface area is 152 Å². The topological polar surface area (TPSA) is 61.2 Å². The van der Waals surface area contributed by atoms with Gasteiger partial charge in [-0.15, -0.1) is 11.3 Å². The fraction of sp³-hybridized carbons (Fsp3) is 0.350. The number of hydrogen-bond acceptors (Lipinski definition) is 4. The van der Waals surface area contributed by atoms with Gasteiger partial charge in [0.2, 0.25) is 5.91 Å². The monoisotopic (exact) mass is 354 g/mol. The molecule has 1 aromatic carbocycles. The Morgan fingerprint density at radius 3 is 2.40 bits per heavy atom. The van der Waals surface area contributed by atoms with Gasteiger partial charge in [0.05, 0.1) is 16.5 Å². The van der Waals surface area contributed by atoms with Gasteiger partial charge >= 0.3 is 0 Å². The van der Waals surface area contributed by atoms with E-state index in [0.717, 1.165) is 21.7 Å². The fourth-order valence-electron chi connectivity index (χ4n) is 2.55. The largest absolute Gasteiger partial charge is 0.338 e. The van der Waals surface area contributed by atoms with Crippen LogP contribution in [0.15, 0.2) is 36.4 Å². The molecule has 0 unspecified atom stereocenters. The van der Waals surface area contributed by atoms with Crippen LogP contribution in [0.25, 0.3) is 0 Å². The Bertz CT molecular complexity index is 772. The van der Waals surface area contributed by atoms with E-state index in [0.29, 0.717) is 18.7 Å². The minimum Gasteiger partial charge on any atom is -0.338 e. The number of rotatable bonds is 8. The van der Waals surface area contributed by atoms with Gasteiger partial charge < -0.3 is 4.90 Å². The zero-order chi connectivity index (χ0) is 18.2. The summed E-state index contributed by atoms with van der Waals surface area (Å²) in [7, 11) is 0.